The predicted molar refractivity (Wildman–Crippen MR) is 148 cm³/mol. The summed E-state index contributed by atoms with van der Waals surface area (Å²) in [5, 5.41) is 0. The summed E-state index contributed by atoms with van der Waals surface area (Å²) in [5.41, 5.74) is 0.139. The van der Waals surface area contributed by atoms with E-state index in [1.165, 1.54) is 12.3 Å². The zero-order chi connectivity index (χ0) is 28.8. The van der Waals surface area contributed by atoms with Crippen molar-refractivity contribution in [3.05, 3.63) is 135 Å². The van der Waals surface area contributed by atoms with E-state index in [1.807, 2.05) is 0 Å². The first-order valence-corrected chi connectivity index (χ1v) is 13.0. The highest BCUT2D eigenvalue weighted by atomic mass is 32.1. The highest BCUT2D eigenvalue weighted by Crippen LogP contribution is 2.34. The van der Waals surface area contributed by atoms with Crippen molar-refractivity contribution in [1.82, 2.24) is 9.55 Å². The third-order valence-corrected chi connectivity index (χ3v) is 6.54. The Balaban J connectivity index is 1.50. The molecule has 0 aliphatic carbocycles. The molecule has 3 aromatic carbocycles. The second-order valence-electron chi connectivity index (χ2n) is 9.02. The van der Waals surface area contributed by atoms with Crippen molar-refractivity contribution in [2.75, 3.05) is 6.61 Å². The maximum Gasteiger partial charge on any atom is 0.338 e. The van der Waals surface area contributed by atoms with Gasteiger partial charge >= 0.3 is 23.6 Å². The molecule has 0 bridgehead atoms. The van der Waals surface area contributed by atoms with Gasteiger partial charge in [0.15, 0.2) is 18.4 Å². The van der Waals surface area contributed by atoms with Crippen LogP contribution in [0.3, 0.4) is 0 Å². The van der Waals surface area contributed by atoms with Gasteiger partial charge in [0.2, 0.25) is 0 Å². The van der Waals surface area contributed by atoms with Crippen molar-refractivity contribution in [1.29, 1.82) is 0 Å². The van der Waals surface area contributed by atoms with Crippen LogP contribution in [0.5, 0.6) is 0 Å². The topological polar surface area (TPSA) is 126 Å². The predicted octanol–water partition coefficient (Wildman–Crippen LogP) is 4.11. The van der Waals surface area contributed by atoms with Gasteiger partial charge in [0.25, 0.3) is 0 Å². The molecule has 208 valence electrons. The molecule has 4 aromatic rings. The molecule has 1 aliphatic rings. The summed E-state index contributed by atoms with van der Waals surface area (Å²) in [5.74, 6) is -2.09. The van der Waals surface area contributed by atoms with Gasteiger partial charge in [-0.2, -0.15) is 0 Å². The Labute approximate surface area is 239 Å². The summed E-state index contributed by atoms with van der Waals surface area (Å²) in [6, 6.07) is 26.2. The second kappa shape index (κ2) is 12.5. The number of carbonyl (C=O) groups is 3. The Morgan fingerprint density at radius 1 is 0.732 bits per heavy atom. The summed E-state index contributed by atoms with van der Waals surface area (Å²) in [4.78, 5) is 54.4. The van der Waals surface area contributed by atoms with Crippen LogP contribution < -0.4 is 5.69 Å². The van der Waals surface area contributed by atoms with Gasteiger partial charge in [0.1, 0.15) is 17.4 Å². The van der Waals surface area contributed by atoms with Crippen LogP contribution in [0.2, 0.25) is 0 Å². The summed E-state index contributed by atoms with van der Waals surface area (Å²) < 4.78 is 24.6. The largest absolute Gasteiger partial charge is 0.459 e. The molecule has 5 rings (SSSR count). The van der Waals surface area contributed by atoms with E-state index in [1.54, 1.807) is 91.0 Å². The summed E-state index contributed by atoms with van der Waals surface area (Å²) in [7, 11) is 0. The van der Waals surface area contributed by atoms with Crippen LogP contribution in [0.1, 0.15) is 37.3 Å². The number of nitrogens with zero attached hydrogens (tertiary/aromatic N) is 1. The van der Waals surface area contributed by atoms with Crippen LogP contribution in [0.4, 0.5) is 0 Å². The highest BCUT2D eigenvalue weighted by Gasteiger charge is 2.51. The van der Waals surface area contributed by atoms with E-state index < -0.39 is 48.1 Å². The minimum Gasteiger partial charge on any atom is -0.459 e. The quantitative estimate of drug-likeness (QED) is 0.189. The number of aromatic nitrogens is 2. The minimum absolute atomic E-state index is 0.183. The Morgan fingerprint density at radius 2 is 1.22 bits per heavy atom. The van der Waals surface area contributed by atoms with Crippen LogP contribution in [0, 0.1) is 4.64 Å². The molecular weight excluding hydrogens is 548 g/mol. The Morgan fingerprint density at radius 3 is 1.73 bits per heavy atom. The number of ether oxygens (including phenoxy) is 4. The third kappa shape index (κ3) is 6.48. The first-order valence-electron chi connectivity index (χ1n) is 12.6. The van der Waals surface area contributed by atoms with Gasteiger partial charge in [0, 0.05) is 6.20 Å². The molecule has 41 heavy (non-hydrogen) atoms. The molecule has 10 nitrogen and oxygen atoms in total. The monoisotopic (exact) mass is 572 g/mol. The van der Waals surface area contributed by atoms with Crippen molar-refractivity contribution in [3.8, 4) is 0 Å². The summed E-state index contributed by atoms with van der Waals surface area (Å²) in [6.07, 6.45) is -3.55. The molecule has 2 heterocycles. The van der Waals surface area contributed by atoms with Crippen LogP contribution in [0.25, 0.3) is 0 Å². The van der Waals surface area contributed by atoms with Gasteiger partial charge in [-0.05, 0) is 42.5 Å². The molecule has 1 aromatic heterocycles. The van der Waals surface area contributed by atoms with E-state index in [2.05, 4.69) is 4.98 Å². The van der Waals surface area contributed by atoms with Gasteiger partial charge in [-0.25, -0.2) is 19.2 Å². The van der Waals surface area contributed by atoms with E-state index in [9.17, 15) is 19.2 Å². The lowest BCUT2D eigenvalue weighted by Crippen LogP contribution is -2.42. The fraction of sp³-hybridized carbons (Fsp3) is 0.167. The third-order valence-electron chi connectivity index (χ3n) is 6.30. The summed E-state index contributed by atoms with van der Waals surface area (Å²) in [6.45, 7) is -0.367. The first kappa shape index (κ1) is 27.7. The van der Waals surface area contributed by atoms with Gasteiger partial charge in [-0.1, -0.05) is 66.8 Å². The fourth-order valence-corrected chi connectivity index (χ4v) is 4.46. The van der Waals surface area contributed by atoms with Gasteiger partial charge < -0.3 is 18.9 Å². The average molecular weight is 573 g/mol. The van der Waals surface area contributed by atoms with Gasteiger partial charge in [-0.15, -0.1) is 0 Å². The van der Waals surface area contributed by atoms with E-state index in [-0.39, 0.29) is 22.4 Å². The highest BCUT2D eigenvalue weighted by molar-refractivity contribution is 7.71. The number of H-pyrrole nitrogens is 1. The molecule has 0 radical (unpaired) electrons. The lowest BCUT2D eigenvalue weighted by Gasteiger charge is -2.25. The number of rotatable bonds is 8. The molecule has 1 saturated heterocycles. The van der Waals surface area contributed by atoms with Crippen molar-refractivity contribution < 1.29 is 33.3 Å². The number of esters is 3. The average Bonchev–Trinajstić information content (AvgIpc) is 3.33. The normalized spacial score (nSPS) is 19.7. The Bertz CT molecular complexity index is 1640. The second-order valence-corrected chi connectivity index (χ2v) is 9.46. The molecule has 0 amide bonds. The standard InChI is InChI=1S/C30H24N2O8S/c33-27(19-10-4-1-5-11-19)37-18-22-24(39-28(34)20-12-6-2-7-13-20)25(40-29(35)21-14-8-3-9-15-21)26(38-22)32-17-16-23(41)31-30(32)36/h1-17,22,24-26H,18H2,(H,31,36,41)/t22-,24?,25+,26-/m1/s1. The molecule has 1 unspecified atom stereocenters. The van der Waals surface area contributed by atoms with Crippen molar-refractivity contribution in [2.45, 2.75) is 24.5 Å². The molecule has 0 spiro atoms. The molecule has 11 heteroatoms. The zero-order valence-corrected chi connectivity index (χ0v) is 22.3. The smallest absolute Gasteiger partial charge is 0.338 e. The number of benzene rings is 3. The van der Waals surface area contributed by atoms with Crippen LogP contribution >= 0.6 is 12.2 Å². The molecule has 1 fully saturated rings. The molecule has 1 N–H and O–H groups in total. The van der Waals surface area contributed by atoms with Crippen LogP contribution in [-0.4, -0.2) is 52.4 Å². The van der Waals surface area contributed by atoms with E-state index in [4.69, 9.17) is 31.2 Å². The van der Waals surface area contributed by atoms with Gasteiger partial charge in [0.05, 0.1) is 16.7 Å². The summed E-state index contributed by atoms with van der Waals surface area (Å²) >= 11 is 5.05. The zero-order valence-electron chi connectivity index (χ0n) is 21.5. The fourth-order valence-electron chi connectivity index (χ4n) is 4.31. The molecule has 4 atom stereocenters. The lowest BCUT2D eigenvalue weighted by molar-refractivity contribution is -0.0639. The lowest BCUT2D eigenvalue weighted by atomic mass is 10.1. The number of aromatic amines is 1. The van der Waals surface area contributed by atoms with Crippen molar-refractivity contribution >= 4 is 30.1 Å². The molecule has 1 aliphatic heterocycles. The van der Waals surface area contributed by atoms with Crippen molar-refractivity contribution in [2.24, 2.45) is 0 Å². The van der Waals surface area contributed by atoms with Gasteiger partial charge in [-0.3, -0.25) is 9.55 Å². The van der Waals surface area contributed by atoms with Crippen LogP contribution in [-0.2, 0) is 18.9 Å². The first-order chi connectivity index (χ1) is 19.9. The Kier molecular flexibility index (Phi) is 8.47. The maximum absolute atomic E-state index is 13.2. The Hall–Kier alpha value is -4.87. The van der Waals surface area contributed by atoms with E-state index in [0.717, 1.165) is 4.57 Å². The molecule has 0 saturated carbocycles. The van der Waals surface area contributed by atoms with Crippen LogP contribution in [0.15, 0.2) is 108 Å². The number of hydrogen-bond donors (Lipinski definition) is 1. The van der Waals surface area contributed by atoms with E-state index in [0.29, 0.717) is 5.56 Å². The number of nitrogens with one attached hydrogen (secondary N) is 1. The van der Waals surface area contributed by atoms with E-state index >= 15 is 0 Å². The SMILES string of the molecule is O=C(OC[C@H]1O[C@@H](n2ccc(=S)[nH]c2=O)[C@@H](OC(=O)c2ccccc2)C1OC(=O)c1ccccc1)c1ccccc1. The van der Waals surface area contributed by atoms with Crippen molar-refractivity contribution in [3.63, 3.8) is 0 Å². The minimum atomic E-state index is -1.31. The number of carbonyl (C=O) groups excluding carboxylic acids is 3. The maximum atomic E-state index is 13.2. The number of hydrogen-bond acceptors (Lipinski definition) is 9. The molecular formula is C30H24N2O8S.